The SMILES string of the molecule is CN1CCC(NC(=O)c2oc3cnccc3c2Nc2ccc3c(c2)CCC3=N)CC1. The topological polar surface area (TPSA) is 94.2 Å². The molecule has 7 heteroatoms. The van der Waals surface area contributed by atoms with Gasteiger partial charge in [-0.25, -0.2) is 0 Å². The monoisotopic (exact) mass is 403 g/mol. The zero-order valence-electron chi connectivity index (χ0n) is 17.0. The molecular weight excluding hydrogens is 378 g/mol. The summed E-state index contributed by atoms with van der Waals surface area (Å²) in [7, 11) is 2.10. The summed E-state index contributed by atoms with van der Waals surface area (Å²) in [5, 5.41) is 15.4. The number of hydrogen-bond donors (Lipinski definition) is 3. The van der Waals surface area contributed by atoms with Gasteiger partial charge in [-0.15, -0.1) is 0 Å². The van der Waals surface area contributed by atoms with E-state index in [0.29, 0.717) is 17.0 Å². The molecule has 0 atom stereocenters. The first-order chi connectivity index (χ1) is 14.6. The number of furan rings is 1. The second-order valence-corrected chi connectivity index (χ2v) is 8.20. The zero-order valence-corrected chi connectivity index (χ0v) is 17.0. The number of pyridine rings is 1. The van der Waals surface area contributed by atoms with Gasteiger partial charge in [0.2, 0.25) is 5.76 Å². The standard InChI is InChI=1S/C23H25N5O2/c1-28-10-7-15(8-11-28)27-23(29)22-21(18-6-9-25-13-20(18)30-22)26-16-3-4-17-14(12-16)2-5-19(17)24/h3-4,6,9,12-13,15,24,26H,2,5,7-8,10-11H2,1H3,(H,27,29). The third-order valence-electron chi connectivity index (χ3n) is 6.10. The predicted molar refractivity (Wildman–Crippen MR) is 117 cm³/mol. The number of anilines is 2. The predicted octanol–water partition coefficient (Wildman–Crippen LogP) is 3.71. The highest BCUT2D eigenvalue weighted by molar-refractivity contribution is 6.07. The molecule has 1 aliphatic carbocycles. The first kappa shape index (κ1) is 18.8. The number of fused-ring (bicyclic) bond motifs is 2. The first-order valence-corrected chi connectivity index (χ1v) is 10.4. The van der Waals surface area contributed by atoms with Gasteiger partial charge < -0.3 is 25.4 Å². The van der Waals surface area contributed by atoms with Crippen molar-refractivity contribution in [3.63, 3.8) is 0 Å². The lowest BCUT2D eigenvalue weighted by Crippen LogP contribution is -2.43. The molecule has 1 aromatic carbocycles. The molecule has 1 fully saturated rings. The molecule has 1 amide bonds. The van der Waals surface area contributed by atoms with Crippen LogP contribution in [0.15, 0.2) is 41.1 Å². The van der Waals surface area contributed by atoms with Crippen LogP contribution in [0.1, 0.15) is 40.9 Å². The maximum atomic E-state index is 13.1. The molecule has 1 saturated heterocycles. The van der Waals surface area contributed by atoms with Crippen LogP contribution in [0.4, 0.5) is 11.4 Å². The Morgan fingerprint density at radius 3 is 2.90 bits per heavy atom. The second-order valence-electron chi connectivity index (χ2n) is 8.20. The number of piperidine rings is 1. The summed E-state index contributed by atoms with van der Waals surface area (Å²) in [6.45, 7) is 1.95. The molecule has 2 aliphatic rings. The summed E-state index contributed by atoms with van der Waals surface area (Å²) < 4.78 is 5.92. The number of benzene rings is 1. The van der Waals surface area contributed by atoms with Crippen LogP contribution in [0, 0.1) is 5.41 Å². The Kier molecular flexibility index (Phi) is 4.75. The van der Waals surface area contributed by atoms with Crippen LogP contribution in [-0.2, 0) is 6.42 Å². The van der Waals surface area contributed by atoms with Crippen LogP contribution in [0.25, 0.3) is 11.0 Å². The fourth-order valence-electron chi connectivity index (χ4n) is 4.35. The Morgan fingerprint density at radius 2 is 2.07 bits per heavy atom. The van der Waals surface area contributed by atoms with Crippen molar-refractivity contribution in [3.8, 4) is 0 Å². The van der Waals surface area contributed by atoms with Crippen LogP contribution in [-0.4, -0.2) is 47.7 Å². The number of likely N-dealkylation sites (tertiary alicyclic amines) is 1. The molecule has 0 unspecified atom stereocenters. The van der Waals surface area contributed by atoms with Crippen LogP contribution in [0.5, 0.6) is 0 Å². The number of aromatic nitrogens is 1. The first-order valence-electron chi connectivity index (χ1n) is 10.4. The molecule has 0 saturated carbocycles. The number of nitrogens with one attached hydrogen (secondary N) is 3. The van der Waals surface area contributed by atoms with Gasteiger partial charge in [0, 0.05) is 29.0 Å². The normalized spacial score (nSPS) is 17.3. The van der Waals surface area contributed by atoms with Gasteiger partial charge >= 0.3 is 0 Å². The number of amides is 1. The van der Waals surface area contributed by atoms with Gasteiger partial charge in [-0.05, 0) is 75.1 Å². The molecule has 154 valence electrons. The minimum Gasteiger partial charge on any atom is -0.447 e. The smallest absolute Gasteiger partial charge is 0.289 e. The van der Waals surface area contributed by atoms with Crippen LogP contribution in [0.3, 0.4) is 0 Å². The average molecular weight is 403 g/mol. The number of carbonyl (C=O) groups excluding carboxylic acids is 1. The lowest BCUT2D eigenvalue weighted by atomic mass is 10.1. The summed E-state index contributed by atoms with van der Waals surface area (Å²) >= 11 is 0. The number of carbonyl (C=O) groups is 1. The molecule has 5 rings (SSSR count). The van der Waals surface area contributed by atoms with Gasteiger partial charge in [0.25, 0.3) is 5.91 Å². The minimum absolute atomic E-state index is 0.152. The highest BCUT2D eigenvalue weighted by atomic mass is 16.3. The van der Waals surface area contributed by atoms with Crippen LogP contribution < -0.4 is 10.6 Å². The highest BCUT2D eigenvalue weighted by Crippen LogP contribution is 2.34. The highest BCUT2D eigenvalue weighted by Gasteiger charge is 2.25. The quantitative estimate of drug-likeness (QED) is 0.617. The summed E-state index contributed by atoms with van der Waals surface area (Å²) in [5.41, 5.74) is 4.99. The van der Waals surface area contributed by atoms with Crippen molar-refractivity contribution in [1.82, 2.24) is 15.2 Å². The van der Waals surface area contributed by atoms with Crippen LogP contribution >= 0.6 is 0 Å². The Labute approximate surface area is 175 Å². The molecule has 0 bridgehead atoms. The summed E-state index contributed by atoms with van der Waals surface area (Å²) in [4.78, 5) is 19.5. The zero-order chi connectivity index (χ0) is 20.7. The molecule has 0 spiro atoms. The summed E-state index contributed by atoms with van der Waals surface area (Å²) in [6.07, 6.45) is 6.86. The van der Waals surface area contributed by atoms with E-state index in [1.807, 2.05) is 18.2 Å². The van der Waals surface area contributed by atoms with Crippen molar-refractivity contribution >= 4 is 34.0 Å². The van der Waals surface area contributed by atoms with Gasteiger partial charge in [0.05, 0.1) is 11.9 Å². The maximum absolute atomic E-state index is 13.1. The number of aryl methyl sites for hydroxylation is 1. The van der Waals surface area contributed by atoms with Crippen molar-refractivity contribution in [2.45, 2.75) is 31.7 Å². The number of hydrogen-bond acceptors (Lipinski definition) is 6. The van der Waals surface area contributed by atoms with E-state index in [4.69, 9.17) is 9.83 Å². The maximum Gasteiger partial charge on any atom is 0.289 e. The van der Waals surface area contributed by atoms with E-state index < -0.39 is 0 Å². The molecule has 30 heavy (non-hydrogen) atoms. The number of rotatable bonds is 4. The van der Waals surface area contributed by atoms with Crippen LogP contribution in [0.2, 0.25) is 0 Å². The molecule has 2 aromatic heterocycles. The van der Waals surface area contributed by atoms with Crippen molar-refractivity contribution < 1.29 is 9.21 Å². The average Bonchev–Trinajstić information content (AvgIpc) is 3.31. The van der Waals surface area contributed by atoms with Crippen molar-refractivity contribution in [2.24, 2.45) is 0 Å². The van der Waals surface area contributed by atoms with E-state index in [9.17, 15) is 4.79 Å². The Bertz CT molecular complexity index is 1130. The van der Waals surface area contributed by atoms with E-state index in [2.05, 4.69) is 33.6 Å². The molecule has 3 aromatic rings. The Balaban J connectivity index is 1.45. The van der Waals surface area contributed by atoms with E-state index in [0.717, 1.165) is 61.0 Å². The fraction of sp³-hybridized carbons (Fsp3) is 0.348. The molecule has 3 N–H and O–H groups in total. The van der Waals surface area contributed by atoms with Crippen molar-refractivity contribution in [1.29, 1.82) is 5.41 Å². The fourth-order valence-corrected chi connectivity index (χ4v) is 4.35. The van der Waals surface area contributed by atoms with E-state index >= 15 is 0 Å². The van der Waals surface area contributed by atoms with Gasteiger partial charge in [0.1, 0.15) is 0 Å². The van der Waals surface area contributed by atoms with Crippen molar-refractivity contribution in [2.75, 3.05) is 25.5 Å². The summed E-state index contributed by atoms with van der Waals surface area (Å²) in [6, 6.07) is 8.01. The van der Waals surface area contributed by atoms with E-state index in [-0.39, 0.29) is 17.7 Å². The van der Waals surface area contributed by atoms with Gasteiger partial charge in [-0.3, -0.25) is 9.78 Å². The lowest BCUT2D eigenvalue weighted by molar-refractivity contribution is 0.0892. The molecule has 3 heterocycles. The van der Waals surface area contributed by atoms with Crippen molar-refractivity contribution in [3.05, 3.63) is 53.5 Å². The lowest BCUT2D eigenvalue weighted by Gasteiger charge is -2.29. The van der Waals surface area contributed by atoms with E-state index in [1.54, 1.807) is 12.4 Å². The van der Waals surface area contributed by atoms with Gasteiger partial charge in [0.15, 0.2) is 5.58 Å². The minimum atomic E-state index is -0.203. The largest absolute Gasteiger partial charge is 0.447 e. The molecule has 0 radical (unpaired) electrons. The third kappa shape index (κ3) is 3.45. The third-order valence-corrected chi connectivity index (χ3v) is 6.10. The summed E-state index contributed by atoms with van der Waals surface area (Å²) in [5.74, 6) is 0.0800. The Morgan fingerprint density at radius 1 is 1.23 bits per heavy atom. The van der Waals surface area contributed by atoms with Gasteiger partial charge in [-0.2, -0.15) is 0 Å². The molecule has 1 aliphatic heterocycles. The van der Waals surface area contributed by atoms with E-state index in [1.165, 1.54) is 0 Å². The number of nitrogens with zero attached hydrogens (tertiary/aromatic N) is 2. The van der Waals surface area contributed by atoms with Gasteiger partial charge in [-0.1, -0.05) is 6.07 Å². The second kappa shape index (κ2) is 7.57. The molecular formula is C23H25N5O2. The molecule has 7 nitrogen and oxygen atoms in total. The Hall–Kier alpha value is -3.19.